The van der Waals surface area contributed by atoms with Crippen molar-refractivity contribution in [3.63, 3.8) is 0 Å². The van der Waals surface area contributed by atoms with Gasteiger partial charge in [0.05, 0.1) is 85.7 Å². The number of aromatic nitrogens is 3. The van der Waals surface area contributed by atoms with Crippen LogP contribution < -0.4 is 0 Å². The van der Waals surface area contributed by atoms with Crippen LogP contribution in [0.25, 0.3) is 196 Å². The normalized spacial score (nSPS) is 18.9. The summed E-state index contributed by atoms with van der Waals surface area (Å²) in [6, 6.07) is 104. The first-order chi connectivity index (χ1) is 57.5. The van der Waals surface area contributed by atoms with E-state index < -0.39 is 35.5 Å². The number of nitrogens with zero attached hydrogens (tertiary/aromatic N) is 3. The lowest BCUT2D eigenvalue weighted by Crippen LogP contribution is -2.36. The zero-order chi connectivity index (χ0) is 77.5. The minimum Gasteiger partial charge on any atom is -0.309 e. The number of hydrogen-bond acceptors (Lipinski definition) is 6. The van der Waals surface area contributed by atoms with E-state index in [0.29, 0.717) is 0 Å². The van der Waals surface area contributed by atoms with Gasteiger partial charge in [-0.2, -0.15) is 0 Å². The van der Waals surface area contributed by atoms with E-state index in [9.17, 15) is 28.8 Å². The molecular weight excluding hydrogens is 1440 g/mol. The lowest BCUT2D eigenvalue weighted by atomic mass is 9.72. The Morgan fingerprint density at radius 1 is 0.197 bits per heavy atom. The second-order valence-electron chi connectivity index (χ2n) is 32.2. The average molecular weight is 1500 g/mol. The molecule has 0 saturated heterocycles. The van der Waals surface area contributed by atoms with Crippen LogP contribution in [0.1, 0.15) is 16.7 Å². The molecule has 546 valence electrons. The fourth-order valence-electron chi connectivity index (χ4n) is 21.2. The molecule has 0 radical (unpaired) electrons. The van der Waals surface area contributed by atoms with Crippen LogP contribution in [-0.2, 0) is 28.8 Å². The number of fused-ring (bicyclic) bond motifs is 12. The van der Waals surface area contributed by atoms with E-state index >= 15 is 0 Å². The van der Waals surface area contributed by atoms with Gasteiger partial charge in [0, 0.05) is 48.5 Å². The Labute approximate surface area is 667 Å². The summed E-state index contributed by atoms with van der Waals surface area (Å²) in [6.45, 7) is 0. The van der Waals surface area contributed by atoms with Gasteiger partial charge in [-0.25, -0.2) is 0 Å². The van der Waals surface area contributed by atoms with Gasteiger partial charge in [-0.15, -0.1) is 0 Å². The summed E-state index contributed by atoms with van der Waals surface area (Å²) >= 11 is 0. The maximum atomic E-state index is 12.8. The molecule has 117 heavy (non-hydrogen) atoms. The second-order valence-corrected chi connectivity index (χ2v) is 32.2. The number of hydrogen-bond donors (Lipinski definition) is 0. The zero-order valence-electron chi connectivity index (χ0n) is 62.7. The van der Waals surface area contributed by atoms with E-state index in [1.807, 2.05) is 54.7 Å². The van der Waals surface area contributed by atoms with Crippen LogP contribution in [-0.4, -0.2) is 48.4 Å². The summed E-state index contributed by atoms with van der Waals surface area (Å²) in [7, 11) is 0. The van der Waals surface area contributed by atoms with Gasteiger partial charge in [0.1, 0.15) is 0 Å². The van der Waals surface area contributed by atoms with Crippen LogP contribution in [0.4, 0.5) is 0 Å². The Balaban J connectivity index is 0.0000000980. The minimum atomic E-state index is -0.492. The summed E-state index contributed by atoms with van der Waals surface area (Å²) in [6.07, 6.45) is 17.3. The smallest absolute Gasteiger partial charge is 0.210 e. The number of Topliss-reactive ketones (excluding diaryl/α,β-unsaturated/α-hetero) is 6. The molecule has 9 heteroatoms. The fraction of sp³-hybridized carbons (Fsp3) is 0.0556. The molecule has 0 saturated carbocycles. The molecule has 0 aliphatic heterocycles. The number of carbonyl (C=O) groups is 6. The van der Waals surface area contributed by atoms with Crippen molar-refractivity contribution in [1.29, 1.82) is 0 Å². The van der Waals surface area contributed by atoms with Crippen molar-refractivity contribution in [2.45, 2.75) is 0 Å². The van der Waals surface area contributed by atoms with E-state index in [0.717, 1.165) is 66.3 Å². The molecule has 3 heterocycles. The molecule has 6 unspecified atom stereocenters. The van der Waals surface area contributed by atoms with Crippen LogP contribution in [0, 0.1) is 35.5 Å². The van der Waals surface area contributed by atoms with E-state index in [1.54, 1.807) is 0 Å². The number of allylic oxidation sites excluding steroid dienone is 12. The Morgan fingerprint density at radius 2 is 0.444 bits per heavy atom. The quantitative estimate of drug-likeness (QED) is 0.0930. The maximum absolute atomic E-state index is 12.8. The Hall–Kier alpha value is -15.1. The van der Waals surface area contributed by atoms with Crippen LogP contribution in [0.15, 0.2) is 346 Å². The Bertz CT molecular complexity index is 7940. The van der Waals surface area contributed by atoms with Crippen LogP contribution in [0.2, 0.25) is 0 Å². The zero-order valence-corrected chi connectivity index (χ0v) is 62.7. The van der Waals surface area contributed by atoms with Crippen molar-refractivity contribution < 1.29 is 28.8 Å². The largest absolute Gasteiger partial charge is 0.309 e. The van der Waals surface area contributed by atoms with E-state index in [2.05, 4.69) is 305 Å². The molecule has 9 aliphatic carbocycles. The van der Waals surface area contributed by atoms with Gasteiger partial charge in [0.15, 0.2) is 0 Å². The summed E-state index contributed by atoms with van der Waals surface area (Å²) in [4.78, 5) is 75.3. The summed E-state index contributed by atoms with van der Waals surface area (Å²) in [5.41, 5.74) is 16.6. The van der Waals surface area contributed by atoms with Gasteiger partial charge in [-0.1, -0.05) is 279 Å². The van der Waals surface area contributed by atoms with Gasteiger partial charge >= 0.3 is 0 Å². The highest BCUT2D eigenvalue weighted by Crippen LogP contribution is 2.50. The highest BCUT2D eigenvalue weighted by molar-refractivity contribution is 6.46. The molecule has 0 N–H and O–H groups in total. The van der Waals surface area contributed by atoms with E-state index in [1.165, 1.54) is 147 Å². The SMILES string of the molecule is O=C1C(=O)C2C=CC1C=C2c1cc2ccc3ccc(-n4c5ccccc5c5ccccc54)c4ccc(c1)c2c34.O=C1C(=O)C2C=CC1C=C2c1ccc2ccc3c(-n4c5ccccc5c5ccccc54)ccc4ccc1c2c43.O=C1C(=O)C2C=CC1C=C2c1ccc2ccc3ccc(-n4c5ccccc5c5ccccc54)c4ccc1c2c34. The van der Waals surface area contributed by atoms with Crippen LogP contribution in [0.3, 0.4) is 0 Å². The van der Waals surface area contributed by atoms with Gasteiger partial charge in [0.25, 0.3) is 0 Å². The van der Waals surface area contributed by atoms with Crippen molar-refractivity contribution in [3.05, 3.63) is 363 Å². The lowest BCUT2D eigenvalue weighted by Gasteiger charge is -2.29. The number of benzene rings is 18. The summed E-state index contributed by atoms with van der Waals surface area (Å²) in [5, 5.41) is 28.9. The van der Waals surface area contributed by atoms with Crippen LogP contribution in [0.5, 0.6) is 0 Å². The van der Waals surface area contributed by atoms with Crippen LogP contribution >= 0.6 is 0 Å². The topological polar surface area (TPSA) is 117 Å². The first-order valence-corrected chi connectivity index (χ1v) is 40.1. The van der Waals surface area contributed by atoms with Crippen molar-refractivity contribution in [1.82, 2.24) is 13.7 Å². The fourth-order valence-corrected chi connectivity index (χ4v) is 21.2. The third kappa shape index (κ3) is 9.13. The molecule has 0 fully saturated rings. The first-order valence-electron chi connectivity index (χ1n) is 40.1. The molecular formula is C108H63N3O6. The highest BCUT2D eigenvalue weighted by atomic mass is 16.2. The Morgan fingerprint density at radius 3 is 0.795 bits per heavy atom. The van der Waals surface area contributed by atoms with Gasteiger partial charge in [-0.3, -0.25) is 28.8 Å². The van der Waals surface area contributed by atoms with Gasteiger partial charge in [-0.05, 0) is 181 Å². The maximum Gasteiger partial charge on any atom is 0.210 e. The monoisotopic (exact) mass is 1500 g/mol. The highest BCUT2D eigenvalue weighted by Gasteiger charge is 2.43. The molecule has 0 amide bonds. The van der Waals surface area contributed by atoms with Gasteiger partial charge in [0.2, 0.25) is 34.7 Å². The number of rotatable bonds is 6. The summed E-state index contributed by atoms with van der Waals surface area (Å²) in [5.74, 6) is -4.53. The van der Waals surface area contributed by atoms with Crippen molar-refractivity contribution in [3.8, 4) is 17.1 Å². The molecule has 18 aromatic carbocycles. The van der Waals surface area contributed by atoms with Crippen molar-refractivity contribution in [2.24, 2.45) is 35.5 Å². The van der Waals surface area contributed by atoms with Gasteiger partial charge < -0.3 is 13.7 Å². The molecule has 6 atom stereocenters. The second kappa shape index (κ2) is 24.2. The van der Waals surface area contributed by atoms with E-state index in [-0.39, 0.29) is 34.7 Å². The predicted octanol–water partition coefficient (Wildman–Crippen LogP) is 24.1. The van der Waals surface area contributed by atoms with Crippen molar-refractivity contribution in [2.75, 3.05) is 0 Å². The number of ketones is 6. The van der Waals surface area contributed by atoms with E-state index in [4.69, 9.17) is 0 Å². The molecule has 30 rings (SSSR count). The van der Waals surface area contributed by atoms with Crippen molar-refractivity contribution >= 4 is 214 Å². The minimum absolute atomic E-state index is 0.290. The molecule has 3 aromatic heterocycles. The average Bonchev–Trinajstić information content (AvgIpc) is 1.70. The molecule has 9 nitrogen and oxygen atoms in total. The molecule has 6 bridgehead atoms. The Kier molecular flexibility index (Phi) is 13.6. The molecule has 21 aromatic rings. The first kappa shape index (κ1) is 65.5. The third-order valence-electron chi connectivity index (χ3n) is 26.4. The standard InChI is InChI=1S/3C36H21NO2/c38-35-22-12-16-27(36(35)39)29(19-22)23-14-9-20-11-17-28-32(18-13-21-10-15-26(23)33(20)34(21)28)37-30-7-3-1-5-24(30)25-6-2-4-8-31(25)37;38-35-23-12-14-27(36(35)39)29(19-23)24-17-21-10-9-20-13-16-32(28-15-11-22(18-24)33(21)34(20)28)37-30-7-3-1-5-25(30)26-6-2-4-8-31(26)37;38-35-22-12-15-27(36(35)39)29(19-22)23-14-11-20-9-10-21-13-18-32(28-17-16-26(23)33(20)34(21)28)37-30-7-3-1-5-24(30)25-6-2-4-8-31(25)37/h1-19,22,27H;1-19,23,27H;1-19,22,27H. The molecule has 9 aliphatic rings. The third-order valence-corrected chi connectivity index (χ3v) is 26.4. The molecule has 0 spiro atoms. The lowest BCUT2D eigenvalue weighted by molar-refractivity contribution is -0.139. The predicted molar refractivity (Wildman–Crippen MR) is 476 cm³/mol. The summed E-state index contributed by atoms with van der Waals surface area (Å²) < 4.78 is 7.16. The number of para-hydroxylation sites is 6. The number of carbonyl (C=O) groups excluding carboxylic acids is 6.